The zero-order chi connectivity index (χ0) is 13.7. The third kappa shape index (κ3) is 4.03. The van der Waals surface area contributed by atoms with Crippen LogP contribution in [0.5, 0.6) is 0 Å². The number of aromatic nitrogens is 2. The zero-order valence-electron chi connectivity index (χ0n) is 11.4. The Morgan fingerprint density at radius 1 is 1.16 bits per heavy atom. The van der Waals surface area contributed by atoms with Gasteiger partial charge in [-0.2, -0.15) is 0 Å². The second-order valence-electron chi connectivity index (χ2n) is 5.07. The van der Waals surface area contributed by atoms with E-state index in [1.165, 1.54) is 5.56 Å². The predicted molar refractivity (Wildman–Crippen MR) is 77.6 cm³/mol. The molecule has 0 bridgehead atoms. The Bertz CT molecular complexity index is 523. The third-order valence-corrected chi connectivity index (χ3v) is 2.80. The number of nitrogens with two attached hydrogens (primary N) is 1. The van der Waals surface area contributed by atoms with Crippen LogP contribution in [0.1, 0.15) is 30.9 Å². The van der Waals surface area contributed by atoms with Gasteiger partial charge in [0.15, 0.2) is 0 Å². The molecule has 3 N–H and O–H groups in total. The van der Waals surface area contributed by atoms with E-state index >= 15 is 0 Å². The van der Waals surface area contributed by atoms with Gasteiger partial charge in [0.2, 0.25) is 0 Å². The molecule has 0 saturated heterocycles. The highest BCUT2D eigenvalue weighted by atomic mass is 15.3. The Hall–Kier alpha value is -1.94. The summed E-state index contributed by atoms with van der Waals surface area (Å²) in [4.78, 5) is 9.02. The van der Waals surface area contributed by atoms with Crippen LogP contribution in [0.4, 0.5) is 5.82 Å². The highest BCUT2D eigenvalue weighted by Gasteiger charge is 2.06. The molecular weight excluding hydrogens is 236 g/mol. The van der Waals surface area contributed by atoms with Crippen molar-refractivity contribution in [1.29, 1.82) is 0 Å². The minimum Gasteiger partial charge on any atom is -0.308 e. The smallest absolute Gasteiger partial charge is 0.143 e. The molecule has 19 heavy (non-hydrogen) atoms. The SMILES string of the molecule is CC(C)Cc1cc(NN)nc(Cc2ccccc2)n1. The fraction of sp³-hybridized carbons (Fsp3) is 0.333. The maximum atomic E-state index is 5.47. The van der Waals surface area contributed by atoms with Crippen molar-refractivity contribution in [3.63, 3.8) is 0 Å². The number of nitrogens with one attached hydrogen (secondary N) is 1. The minimum absolute atomic E-state index is 0.560. The fourth-order valence-electron chi connectivity index (χ4n) is 2.01. The Labute approximate surface area is 114 Å². The van der Waals surface area contributed by atoms with Crippen molar-refractivity contribution in [1.82, 2.24) is 9.97 Å². The maximum absolute atomic E-state index is 5.47. The lowest BCUT2D eigenvalue weighted by Crippen LogP contribution is -2.12. The molecular formula is C15H20N4. The molecule has 0 atom stereocenters. The van der Waals surface area contributed by atoms with Crippen molar-refractivity contribution in [2.45, 2.75) is 26.7 Å². The summed E-state index contributed by atoms with van der Waals surface area (Å²) in [7, 11) is 0. The molecule has 100 valence electrons. The van der Waals surface area contributed by atoms with Gasteiger partial charge in [-0.3, -0.25) is 0 Å². The highest BCUT2D eigenvalue weighted by molar-refractivity contribution is 5.35. The number of nitrogen functional groups attached to an aromatic ring is 1. The Morgan fingerprint density at radius 2 is 1.89 bits per heavy atom. The van der Waals surface area contributed by atoms with Gasteiger partial charge in [0.25, 0.3) is 0 Å². The van der Waals surface area contributed by atoms with E-state index in [0.29, 0.717) is 11.7 Å². The zero-order valence-corrected chi connectivity index (χ0v) is 11.4. The summed E-state index contributed by atoms with van der Waals surface area (Å²) in [6, 6.07) is 12.1. The standard InChI is InChI=1S/C15H20N4/c1-11(2)8-13-10-15(19-16)18-14(17-13)9-12-6-4-3-5-7-12/h3-7,10-11H,8-9,16H2,1-2H3,(H,17,18,19). The molecule has 0 saturated carbocycles. The number of hydrazine groups is 1. The number of hydrogen-bond donors (Lipinski definition) is 2. The topological polar surface area (TPSA) is 63.8 Å². The van der Waals surface area contributed by atoms with Crippen LogP contribution in [-0.4, -0.2) is 9.97 Å². The molecule has 0 spiro atoms. The van der Waals surface area contributed by atoms with Gasteiger partial charge in [0.1, 0.15) is 11.6 Å². The molecule has 0 unspecified atom stereocenters. The Kier molecular flexibility index (Phi) is 4.47. The van der Waals surface area contributed by atoms with Crippen molar-refractivity contribution in [2.24, 2.45) is 11.8 Å². The summed E-state index contributed by atoms with van der Waals surface area (Å²) in [6.45, 7) is 4.35. The van der Waals surface area contributed by atoms with Gasteiger partial charge in [-0.15, -0.1) is 0 Å². The molecule has 0 radical (unpaired) electrons. The van der Waals surface area contributed by atoms with Gasteiger partial charge < -0.3 is 5.43 Å². The molecule has 4 nitrogen and oxygen atoms in total. The molecule has 1 heterocycles. The fourth-order valence-corrected chi connectivity index (χ4v) is 2.01. The highest BCUT2D eigenvalue weighted by Crippen LogP contribution is 2.13. The van der Waals surface area contributed by atoms with Crippen LogP contribution in [0.2, 0.25) is 0 Å². The summed E-state index contributed by atoms with van der Waals surface area (Å²) in [5.74, 6) is 7.51. The number of rotatable bonds is 5. The Morgan fingerprint density at radius 3 is 2.53 bits per heavy atom. The monoisotopic (exact) mass is 256 g/mol. The first-order valence-corrected chi connectivity index (χ1v) is 6.54. The van der Waals surface area contributed by atoms with E-state index in [0.717, 1.165) is 24.4 Å². The largest absolute Gasteiger partial charge is 0.308 e. The normalized spacial score (nSPS) is 10.7. The number of anilines is 1. The van der Waals surface area contributed by atoms with Gasteiger partial charge >= 0.3 is 0 Å². The van der Waals surface area contributed by atoms with Crippen LogP contribution in [0.3, 0.4) is 0 Å². The van der Waals surface area contributed by atoms with Gasteiger partial charge in [0, 0.05) is 18.2 Å². The van der Waals surface area contributed by atoms with Crippen LogP contribution in [-0.2, 0) is 12.8 Å². The van der Waals surface area contributed by atoms with Gasteiger partial charge in [-0.25, -0.2) is 15.8 Å². The van der Waals surface area contributed by atoms with Crippen LogP contribution in [0.25, 0.3) is 0 Å². The molecule has 1 aromatic heterocycles. The number of benzene rings is 1. The van der Waals surface area contributed by atoms with E-state index in [4.69, 9.17) is 5.84 Å². The molecule has 2 rings (SSSR count). The summed E-state index contributed by atoms with van der Waals surface area (Å²) in [6.07, 6.45) is 1.65. The lowest BCUT2D eigenvalue weighted by molar-refractivity contribution is 0.631. The van der Waals surface area contributed by atoms with Crippen molar-refractivity contribution in [2.75, 3.05) is 5.43 Å². The van der Waals surface area contributed by atoms with Gasteiger partial charge in [-0.1, -0.05) is 44.2 Å². The average molecular weight is 256 g/mol. The first kappa shape index (κ1) is 13.5. The molecule has 2 aromatic rings. The van der Waals surface area contributed by atoms with Crippen molar-refractivity contribution >= 4 is 5.82 Å². The molecule has 0 fully saturated rings. The van der Waals surface area contributed by atoms with Crippen LogP contribution >= 0.6 is 0 Å². The van der Waals surface area contributed by atoms with Crippen LogP contribution < -0.4 is 11.3 Å². The Balaban J connectivity index is 2.24. The number of nitrogens with zero attached hydrogens (tertiary/aromatic N) is 2. The van der Waals surface area contributed by atoms with Crippen LogP contribution in [0.15, 0.2) is 36.4 Å². The molecule has 0 aliphatic carbocycles. The summed E-state index contributed by atoms with van der Waals surface area (Å²) in [5.41, 5.74) is 4.85. The second-order valence-corrected chi connectivity index (χ2v) is 5.07. The molecule has 0 amide bonds. The maximum Gasteiger partial charge on any atom is 0.143 e. The predicted octanol–water partition coefficient (Wildman–Crippen LogP) is 2.55. The van der Waals surface area contributed by atoms with E-state index in [9.17, 15) is 0 Å². The number of hydrogen-bond acceptors (Lipinski definition) is 4. The average Bonchev–Trinajstić information content (AvgIpc) is 2.38. The van der Waals surface area contributed by atoms with E-state index in [2.05, 4.69) is 41.4 Å². The minimum atomic E-state index is 0.560. The quantitative estimate of drug-likeness (QED) is 0.637. The first-order valence-electron chi connectivity index (χ1n) is 6.54. The van der Waals surface area contributed by atoms with Crippen molar-refractivity contribution < 1.29 is 0 Å². The van der Waals surface area contributed by atoms with Gasteiger partial charge in [-0.05, 0) is 17.9 Å². The summed E-state index contributed by atoms with van der Waals surface area (Å²) >= 11 is 0. The van der Waals surface area contributed by atoms with E-state index < -0.39 is 0 Å². The second kappa shape index (κ2) is 6.29. The lowest BCUT2D eigenvalue weighted by Gasteiger charge is -2.09. The van der Waals surface area contributed by atoms with Crippen molar-refractivity contribution in [3.8, 4) is 0 Å². The molecule has 0 aliphatic heterocycles. The first-order chi connectivity index (χ1) is 9.17. The van der Waals surface area contributed by atoms with Crippen LogP contribution in [0, 0.1) is 5.92 Å². The third-order valence-electron chi connectivity index (χ3n) is 2.80. The summed E-state index contributed by atoms with van der Waals surface area (Å²) in [5, 5.41) is 0. The molecule has 0 aliphatic rings. The van der Waals surface area contributed by atoms with Crippen molar-refractivity contribution in [3.05, 3.63) is 53.5 Å². The summed E-state index contributed by atoms with van der Waals surface area (Å²) < 4.78 is 0. The molecule has 4 heteroatoms. The van der Waals surface area contributed by atoms with E-state index in [1.807, 2.05) is 24.3 Å². The molecule has 1 aromatic carbocycles. The van der Waals surface area contributed by atoms with E-state index in [-0.39, 0.29) is 0 Å². The van der Waals surface area contributed by atoms with Gasteiger partial charge in [0.05, 0.1) is 0 Å². The van der Waals surface area contributed by atoms with E-state index in [1.54, 1.807) is 0 Å². The lowest BCUT2D eigenvalue weighted by atomic mass is 10.1.